The standard InChI is InChI=1S/C14H17N5O/c15-14(8-11-6-7-12(14)20-11)9-13-16-17-18-19(13)10-4-2-1-3-5-10/h1-5,11-12H,6-9,15H2. The summed E-state index contributed by atoms with van der Waals surface area (Å²) in [6.07, 6.45) is 4.20. The van der Waals surface area contributed by atoms with Crippen LogP contribution in [0.25, 0.3) is 5.69 Å². The lowest BCUT2D eigenvalue weighted by atomic mass is 9.80. The van der Waals surface area contributed by atoms with E-state index in [0.717, 1.165) is 30.8 Å². The van der Waals surface area contributed by atoms with Gasteiger partial charge in [-0.3, -0.25) is 0 Å². The molecule has 2 saturated heterocycles. The summed E-state index contributed by atoms with van der Waals surface area (Å²) >= 11 is 0. The topological polar surface area (TPSA) is 78.9 Å². The maximum absolute atomic E-state index is 6.55. The monoisotopic (exact) mass is 271 g/mol. The molecule has 2 fully saturated rings. The first-order valence-electron chi connectivity index (χ1n) is 7.02. The molecule has 0 saturated carbocycles. The zero-order chi connectivity index (χ0) is 13.6. The van der Waals surface area contributed by atoms with Gasteiger partial charge in [0.05, 0.1) is 23.4 Å². The van der Waals surface area contributed by atoms with Crippen LogP contribution in [0.3, 0.4) is 0 Å². The zero-order valence-corrected chi connectivity index (χ0v) is 11.1. The third kappa shape index (κ3) is 1.83. The van der Waals surface area contributed by atoms with Crippen molar-refractivity contribution < 1.29 is 4.74 Å². The fourth-order valence-corrected chi connectivity index (χ4v) is 3.40. The SMILES string of the molecule is NC1(Cc2nnnn2-c2ccccc2)CC2CCC1O2. The van der Waals surface area contributed by atoms with Gasteiger partial charge in [-0.15, -0.1) is 5.10 Å². The van der Waals surface area contributed by atoms with E-state index in [1.165, 1.54) is 0 Å². The van der Waals surface area contributed by atoms with E-state index in [1.54, 1.807) is 4.68 Å². The van der Waals surface area contributed by atoms with Crippen molar-refractivity contribution in [3.63, 3.8) is 0 Å². The first-order valence-corrected chi connectivity index (χ1v) is 7.02. The summed E-state index contributed by atoms with van der Waals surface area (Å²) in [5, 5.41) is 12.0. The van der Waals surface area contributed by atoms with Crippen molar-refractivity contribution in [2.45, 2.75) is 43.4 Å². The predicted octanol–water partition coefficient (Wildman–Crippen LogP) is 0.854. The van der Waals surface area contributed by atoms with Crippen LogP contribution in [0.1, 0.15) is 25.1 Å². The number of tetrazole rings is 1. The van der Waals surface area contributed by atoms with Gasteiger partial charge >= 0.3 is 0 Å². The van der Waals surface area contributed by atoms with Gasteiger partial charge in [0.25, 0.3) is 0 Å². The number of fused-ring (bicyclic) bond motifs is 2. The molecule has 1 aromatic heterocycles. The Kier molecular flexibility index (Phi) is 2.61. The minimum Gasteiger partial charge on any atom is -0.373 e. The van der Waals surface area contributed by atoms with Crippen LogP contribution in [0.2, 0.25) is 0 Å². The summed E-state index contributed by atoms with van der Waals surface area (Å²) in [4.78, 5) is 0. The molecule has 2 aromatic rings. The quantitative estimate of drug-likeness (QED) is 0.895. The van der Waals surface area contributed by atoms with Crippen molar-refractivity contribution >= 4 is 0 Å². The van der Waals surface area contributed by atoms with Crippen LogP contribution in [0.15, 0.2) is 30.3 Å². The largest absolute Gasteiger partial charge is 0.373 e. The van der Waals surface area contributed by atoms with E-state index in [2.05, 4.69) is 15.5 Å². The van der Waals surface area contributed by atoms with Crippen molar-refractivity contribution in [2.24, 2.45) is 5.73 Å². The van der Waals surface area contributed by atoms with Crippen LogP contribution in [-0.4, -0.2) is 38.0 Å². The van der Waals surface area contributed by atoms with E-state index in [-0.39, 0.29) is 11.6 Å². The third-order valence-corrected chi connectivity index (χ3v) is 4.38. The molecule has 3 unspecified atom stereocenters. The minimum absolute atomic E-state index is 0.147. The second-order valence-electron chi connectivity index (χ2n) is 5.78. The molecule has 0 amide bonds. The van der Waals surface area contributed by atoms with Gasteiger partial charge in [-0.25, -0.2) is 0 Å². The van der Waals surface area contributed by atoms with Crippen LogP contribution in [-0.2, 0) is 11.2 Å². The third-order valence-electron chi connectivity index (χ3n) is 4.38. The Morgan fingerprint density at radius 1 is 1.30 bits per heavy atom. The second kappa shape index (κ2) is 4.36. The van der Waals surface area contributed by atoms with Crippen LogP contribution < -0.4 is 5.73 Å². The first kappa shape index (κ1) is 12.0. The average Bonchev–Trinajstić information content (AvgIpc) is 3.15. The summed E-state index contributed by atoms with van der Waals surface area (Å²) in [7, 11) is 0. The normalized spacial score (nSPS) is 31.9. The van der Waals surface area contributed by atoms with Crippen LogP contribution in [0.5, 0.6) is 0 Å². The number of benzene rings is 1. The number of para-hydroxylation sites is 1. The van der Waals surface area contributed by atoms with Crippen molar-refractivity contribution in [1.29, 1.82) is 0 Å². The fourth-order valence-electron chi connectivity index (χ4n) is 3.40. The molecule has 104 valence electrons. The van der Waals surface area contributed by atoms with E-state index in [9.17, 15) is 0 Å². The van der Waals surface area contributed by atoms with E-state index < -0.39 is 0 Å². The average molecular weight is 271 g/mol. The number of aromatic nitrogens is 4. The van der Waals surface area contributed by atoms with Gasteiger partial charge in [-0.1, -0.05) is 18.2 Å². The molecule has 2 N–H and O–H groups in total. The highest BCUT2D eigenvalue weighted by Gasteiger charge is 2.50. The highest BCUT2D eigenvalue weighted by Crippen LogP contribution is 2.41. The molecule has 0 aliphatic carbocycles. The molecule has 1 aromatic carbocycles. The number of nitrogens with zero attached hydrogens (tertiary/aromatic N) is 4. The Morgan fingerprint density at radius 3 is 2.85 bits per heavy atom. The van der Waals surface area contributed by atoms with Gasteiger partial charge in [0.1, 0.15) is 0 Å². The maximum Gasteiger partial charge on any atom is 0.158 e. The Bertz CT molecular complexity index is 613. The lowest BCUT2D eigenvalue weighted by molar-refractivity contribution is 0.0851. The van der Waals surface area contributed by atoms with Crippen LogP contribution in [0, 0.1) is 0 Å². The molecule has 0 radical (unpaired) electrons. The molecule has 3 heterocycles. The first-order chi connectivity index (χ1) is 9.74. The van der Waals surface area contributed by atoms with Crippen molar-refractivity contribution in [3.8, 4) is 5.69 Å². The molecule has 2 aliphatic heterocycles. The zero-order valence-electron chi connectivity index (χ0n) is 11.1. The highest BCUT2D eigenvalue weighted by atomic mass is 16.5. The summed E-state index contributed by atoms with van der Waals surface area (Å²) in [5.41, 5.74) is 7.18. The van der Waals surface area contributed by atoms with Gasteiger partial charge in [-0.2, -0.15) is 4.68 Å². The van der Waals surface area contributed by atoms with Gasteiger partial charge < -0.3 is 10.5 Å². The van der Waals surface area contributed by atoms with E-state index in [0.29, 0.717) is 12.5 Å². The molecule has 0 spiro atoms. The lowest BCUT2D eigenvalue weighted by Crippen LogP contribution is -2.51. The molecule has 2 aliphatic rings. The number of hydrogen-bond acceptors (Lipinski definition) is 5. The minimum atomic E-state index is -0.329. The summed E-state index contributed by atoms with van der Waals surface area (Å²) in [6, 6.07) is 9.89. The second-order valence-corrected chi connectivity index (χ2v) is 5.78. The Morgan fingerprint density at radius 2 is 2.15 bits per heavy atom. The highest BCUT2D eigenvalue weighted by molar-refractivity contribution is 5.31. The Balaban J connectivity index is 1.63. The van der Waals surface area contributed by atoms with Gasteiger partial charge in [0.2, 0.25) is 0 Å². The molecule has 4 rings (SSSR count). The Labute approximate surface area is 116 Å². The Hall–Kier alpha value is -1.79. The molecule has 2 bridgehead atoms. The molecule has 6 nitrogen and oxygen atoms in total. The van der Waals surface area contributed by atoms with E-state index in [1.807, 2.05) is 30.3 Å². The molecule has 3 atom stereocenters. The predicted molar refractivity (Wildman–Crippen MR) is 72.3 cm³/mol. The van der Waals surface area contributed by atoms with Gasteiger partial charge in [0.15, 0.2) is 5.82 Å². The molecular formula is C14H17N5O. The number of hydrogen-bond donors (Lipinski definition) is 1. The molecule has 20 heavy (non-hydrogen) atoms. The molecular weight excluding hydrogens is 254 g/mol. The smallest absolute Gasteiger partial charge is 0.158 e. The summed E-state index contributed by atoms with van der Waals surface area (Å²) in [6.45, 7) is 0. The fraction of sp³-hybridized carbons (Fsp3) is 0.500. The summed E-state index contributed by atoms with van der Waals surface area (Å²) in [5.74, 6) is 0.801. The molecule has 6 heteroatoms. The van der Waals surface area contributed by atoms with E-state index in [4.69, 9.17) is 10.5 Å². The van der Waals surface area contributed by atoms with Crippen molar-refractivity contribution in [3.05, 3.63) is 36.2 Å². The van der Waals surface area contributed by atoms with Crippen LogP contribution in [0.4, 0.5) is 0 Å². The van der Waals surface area contributed by atoms with Crippen molar-refractivity contribution in [1.82, 2.24) is 20.2 Å². The lowest BCUT2D eigenvalue weighted by Gasteiger charge is -2.30. The number of nitrogens with two attached hydrogens (primary N) is 1. The van der Waals surface area contributed by atoms with Crippen LogP contribution >= 0.6 is 0 Å². The number of rotatable bonds is 3. The van der Waals surface area contributed by atoms with E-state index >= 15 is 0 Å². The van der Waals surface area contributed by atoms with Gasteiger partial charge in [0, 0.05) is 6.42 Å². The maximum atomic E-state index is 6.55. The van der Waals surface area contributed by atoms with Gasteiger partial charge in [-0.05, 0) is 41.8 Å². The van der Waals surface area contributed by atoms with Crippen molar-refractivity contribution in [2.75, 3.05) is 0 Å². The number of ether oxygens (including phenoxy) is 1. The summed E-state index contributed by atoms with van der Waals surface area (Å²) < 4.78 is 7.64.